The van der Waals surface area contributed by atoms with Gasteiger partial charge < -0.3 is 9.84 Å². The standard InChI is InChI=1S/C16H9F5N2O2/c17-8-1-7(5-22)2-9(3-8)25-12-6-23-15(16(19,20)21)13-10(12)4-11(18)14(13)24/h1-3,6,11,14,24H,4H2. The van der Waals surface area contributed by atoms with E-state index in [1.54, 1.807) is 6.07 Å². The molecule has 0 radical (unpaired) electrons. The van der Waals surface area contributed by atoms with Gasteiger partial charge in [-0.15, -0.1) is 0 Å². The molecule has 1 aliphatic rings. The van der Waals surface area contributed by atoms with Crippen LogP contribution in [0.5, 0.6) is 11.5 Å². The van der Waals surface area contributed by atoms with Gasteiger partial charge in [-0.25, -0.2) is 13.8 Å². The number of ether oxygens (including phenoxy) is 1. The summed E-state index contributed by atoms with van der Waals surface area (Å²) >= 11 is 0. The Balaban J connectivity index is 2.08. The van der Waals surface area contributed by atoms with Gasteiger partial charge >= 0.3 is 6.18 Å². The van der Waals surface area contributed by atoms with Gasteiger partial charge in [0.25, 0.3) is 0 Å². The monoisotopic (exact) mass is 356 g/mol. The third-order valence-electron chi connectivity index (χ3n) is 3.72. The largest absolute Gasteiger partial charge is 0.455 e. The fourth-order valence-corrected chi connectivity index (χ4v) is 2.69. The van der Waals surface area contributed by atoms with Crippen molar-refractivity contribution in [3.05, 3.63) is 52.6 Å². The van der Waals surface area contributed by atoms with Crippen LogP contribution in [0.3, 0.4) is 0 Å². The van der Waals surface area contributed by atoms with Gasteiger partial charge in [0.15, 0.2) is 5.69 Å². The van der Waals surface area contributed by atoms with Crippen molar-refractivity contribution in [2.45, 2.75) is 24.9 Å². The molecular formula is C16H9F5N2O2. The van der Waals surface area contributed by atoms with Gasteiger partial charge in [-0.05, 0) is 12.1 Å². The Kier molecular flexibility index (Phi) is 4.08. The minimum Gasteiger partial charge on any atom is -0.455 e. The Labute approximate surface area is 138 Å². The van der Waals surface area contributed by atoms with E-state index in [4.69, 9.17) is 10.00 Å². The summed E-state index contributed by atoms with van der Waals surface area (Å²) in [4.78, 5) is 3.23. The number of aliphatic hydroxyl groups is 1. The molecule has 2 unspecified atom stereocenters. The number of benzene rings is 1. The summed E-state index contributed by atoms with van der Waals surface area (Å²) in [6.07, 6.45) is -8.56. The van der Waals surface area contributed by atoms with Crippen LogP contribution < -0.4 is 4.74 Å². The van der Waals surface area contributed by atoms with Crippen LogP contribution in [0, 0.1) is 17.1 Å². The fourth-order valence-electron chi connectivity index (χ4n) is 2.69. The van der Waals surface area contributed by atoms with Crippen LogP contribution in [0.25, 0.3) is 0 Å². The molecule has 0 saturated carbocycles. The van der Waals surface area contributed by atoms with Crippen molar-refractivity contribution in [3.63, 3.8) is 0 Å². The first-order valence-electron chi connectivity index (χ1n) is 7.00. The van der Waals surface area contributed by atoms with E-state index < -0.39 is 41.9 Å². The Morgan fingerprint density at radius 2 is 2.00 bits per heavy atom. The summed E-state index contributed by atoms with van der Waals surface area (Å²) in [6.45, 7) is 0. The van der Waals surface area contributed by atoms with Gasteiger partial charge in [-0.1, -0.05) is 0 Å². The number of fused-ring (bicyclic) bond motifs is 1. The summed E-state index contributed by atoms with van der Waals surface area (Å²) in [6, 6.07) is 4.75. The Morgan fingerprint density at radius 1 is 1.28 bits per heavy atom. The Morgan fingerprint density at radius 3 is 2.64 bits per heavy atom. The molecule has 1 aromatic heterocycles. The third kappa shape index (κ3) is 3.13. The highest BCUT2D eigenvalue weighted by Gasteiger charge is 2.44. The summed E-state index contributed by atoms with van der Waals surface area (Å²) in [5, 5.41) is 18.5. The fraction of sp³-hybridized carbons (Fsp3) is 0.250. The van der Waals surface area contributed by atoms with Crippen LogP contribution in [0.4, 0.5) is 22.0 Å². The smallest absolute Gasteiger partial charge is 0.433 e. The maximum atomic E-state index is 13.8. The van der Waals surface area contributed by atoms with Crippen LogP contribution in [-0.4, -0.2) is 16.3 Å². The van der Waals surface area contributed by atoms with Crippen molar-refractivity contribution < 1.29 is 31.8 Å². The minimum absolute atomic E-state index is 0.0603. The molecule has 0 aliphatic heterocycles. The number of alkyl halides is 4. The molecule has 0 bridgehead atoms. The number of nitrogens with zero attached hydrogens (tertiary/aromatic N) is 2. The number of aliphatic hydroxyl groups excluding tert-OH is 1. The molecule has 0 fully saturated rings. The zero-order valence-corrected chi connectivity index (χ0v) is 12.3. The van der Waals surface area contributed by atoms with E-state index in [1.807, 2.05) is 0 Å². The topological polar surface area (TPSA) is 66.1 Å². The summed E-state index contributed by atoms with van der Waals surface area (Å²) in [5.74, 6) is -1.18. The summed E-state index contributed by atoms with van der Waals surface area (Å²) in [5.41, 5.74) is -2.33. The van der Waals surface area contributed by atoms with Gasteiger partial charge in [0, 0.05) is 23.6 Å². The van der Waals surface area contributed by atoms with E-state index in [9.17, 15) is 27.1 Å². The van der Waals surface area contributed by atoms with E-state index >= 15 is 0 Å². The van der Waals surface area contributed by atoms with Crippen LogP contribution >= 0.6 is 0 Å². The lowest BCUT2D eigenvalue weighted by Crippen LogP contribution is -2.15. The number of aromatic nitrogens is 1. The Bertz CT molecular complexity index is 876. The highest BCUT2D eigenvalue weighted by molar-refractivity contribution is 5.49. The second-order valence-corrected chi connectivity index (χ2v) is 5.42. The zero-order valence-electron chi connectivity index (χ0n) is 12.3. The van der Waals surface area contributed by atoms with Crippen LogP contribution in [0.1, 0.15) is 28.5 Å². The van der Waals surface area contributed by atoms with Crippen molar-refractivity contribution in [2.24, 2.45) is 0 Å². The van der Waals surface area contributed by atoms with Crippen molar-refractivity contribution in [1.82, 2.24) is 4.98 Å². The first kappa shape index (κ1) is 17.1. The molecule has 2 aromatic rings. The maximum Gasteiger partial charge on any atom is 0.433 e. The highest BCUT2D eigenvalue weighted by Crippen LogP contribution is 2.45. The lowest BCUT2D eigenvalue weighted by Gasteiger charge is -2.16. The molecule has 0 spiro atoms. The van der Waals surface area contributed by atoms with Gasteiger partial charge in [0.05, 0.1) is 17.8 Å². The van der Waals surface area contributed by atoms with E-state index in [2.05, 4.69) is 4.98 Å². The molecule has 25 heavy (non-hydrogen) atoms. The third-order valence-corrected chi connectivity index (χ3v) is 3.72. The number of pyridine rings is 1. The number of halogens is 5. The Hall–Kier alpha value is -2.73. The number of hydrogen-bond acceptors (Lipinski definition) is 4. The summed E-state index contributed by atoms with van der Waals surface area (Å²) in [7, 11) is 0. The van der Waals surface area contributed by atoms with Gasteiger partial charge in [-0.3, -0.25) is 0 Å². The predicted molar refractivity (Wildman–Crippen MR) is 74.0 cm³/mol. The van der Waals surface area contributed by atoms with Crippen LogP contribution in [0.2, 0.25) is 0 Å². The molecule has 1 aromatic carbocycles. The zero-order chi connectivity index (χ0) is 18.4. The lowest BCUT2D eigenvalue weighted by atomic mass is 10.1. The van der Waals surface area contributed by atoms with E-state index in [0.717, 1.165) is 18.3 Å². The quantitative estimate of drug-likeness (QED) is 0.831. The molecule has 0 saturated heterocycles. The van der Waals surface area contributed by atoms with E-state index in [-0.39, 0.29) is 22.6 Å². The van der Waals surface area contributed by atoms with E-state index in [1.165, 1.54) is 6.07 Å². The van der Waals surface area contributed by atoms with Crippen molar-refractivity contribution >= 4 is 0 Å². The molecule has 1 heterocycles. The van der Waals surface area contributed by atoms with Crippen molar-refractivity contribution in [3.8, 4) is 17.6 Å². The molecule has 0 amide bonds. The normalized spacial score (nSPS) is 19.4. The maximum absolute atomic E-state index is 13.8. The lowest BCUT2D eigenvalue weighted by molar-refractivity contribution is -0.143. The molecule has 9 heteroatoms. The number of nitriles is 1. The van der Waals surface area contributed by atoms with Gasteiger partial charge in [0.1, 0.15) is 29.6 Å². The first-order chi connectivity index (χ1) is 11.7. The molecule has 130 valence electrons. The average Bonchev–Trinajstić information content (AvgIpc) is 2.82. The highest BCUT2D eigenvalue weighted by atomic mass is 19.4. The first-order valence-corrected chi connectivity index (χ1v) is 7.00. The second-order valence-electron chi connectivity index (χ2n) is 5.42. The SMILES string of the molecule is N#Cc1cc(F)cc(Oc2cnc(C(F)(F)F)c3c2CC(F)C3O)c1. The molecule has 4 nitrogen and oxygen atoms in total. The number of hydrogen-bond donors (Lipinski definition) is 1. The molecular weight excluding hydrogens is 347 g/mol. The average molecular weight is 356 g/mol. The molecule has 1 aliphatic carbocycles. The van der Waals surface area contributed by atoms with Crippen LogP contribution in [-0.2, 0) is 12.6 Å². The minimum atomic E-state index is -4.87. The molecule has 2 atom stereocenters. The van der Waals surface area contributed by atoms with Gasteiger partial charge in [-0.2, -0.15) is 18.4 Å². The second kappa shape index (κ2) is 5.97. The molecule has 3 rings (SSSR count). The van der Waals surface area contributed by atoms with Crippen LogP contribution in [0.15, 0.2) is 24.4 Å². The number of rotatable bonds is 2. The van der Waals surface area contributed by atoms with Crippen molar-refractivity contribution in [2.75, 3.05) is 0 Å². The van der Waals surface area contributed by atoms with E-state index in [0.29, 0.717) is 0 Å². The predicted octanol–water partition coefficient (Wildman–Crippen LogP) is 3.83. The molecule has 1 N–H and O–H groups in total. The van der Waals surface area contributed by atoms with Crippen molar-refractivity contribution in [1.29, 1.82) is 5.26 Å². The van der Waals surface area contributed by atoms with Gasteiger partial charge in [0.2, 0.25) is 0 Å². The summed E-state index contributed by atoms with van der Waals surface area (Å²) < 4.78 is 71.6.